The maximum Gasteiger partial charge on any atom is 0.132 e. The molecule has 0 heterocycles. The summed E-state index contributed by atoms with van der Waals surface area (Å²) < 4.78 is 5.71. The topological polar surface area (TPSA) is 26.3 Å². The van der Waals surface area contributed by atoms with Crippen LogP contribution in [-0.2, 0) is 9.53 Å². The zero-order valence-corrected chi connectivity index (χ0v) is 9.58. The molecule has 1 aliphatic rings. The van der Waals surface area contributed by atoms with Crippen LogP contribution in [0.25, 0.3) is 0 Å². The quantitative estimate of drug-likeness (QED) is 0.694. The fraction of sp³-hybridized carbons (Fsp3) is 0.917. The zero-order valence-electron chi connectivity index (χ0n) is 9.58. The number of carbonyl (C=O) groups excluding carboxylic acids is 1. The first-order chi connectivity index (χ1) is 6.58. The van der Waals surface area contributed by atoms with E-state index >= 15 is 0 Å². The average Bonchev–Trinajstić information content (AvgIpc) is 2.01. The average molecular weight is 198 g/mol. The van der Waals surface area contributed by atoms with Crippen LogP contribution in [0.15, 0.2) is 0 Å². The van der Waals surface area contributed by atoms with Gasteiger partial charge in [-0.1, -0.05) is 13.8 Å². The molecule has 0 aromatic rings. The molecule has 1 aliphatic carbocycles. The first-order valence-corrected chi connectivity index (χ1v) is 5.69. The lowest BCUT2D eigenvalue weighted by atomic mass is 9.82. The molecule has 0 aromatic carbocycles. The maximum absolute atomic E-state index is 10.7. The van der Waals surface area contributed by atoms with Crippen molar-refractivity contribution in [3.05, 3.63) is 0 Å². The lowest BCUT2D eigenvalue weighted by molar-refractivity contribution is -0.118. The van der Waals surface area contributed by atoms with Gasteiger partial charge in [0.25, 0.3) is 0 Å². The van der Waals surface area contributed by atoms with Crippen molar-refractivity contribution in [1.82, 2.24) is 0 Å². The van der Waals surface area contributed by atoms with Crippen LogP contribution in [0.1, 0.15) is 46.5 Å². The molecule has 2 heteroatoms. The Bertz CT molecular complexity index is 179. The Morgan fingerprint density at radius 1 is 1.21 bits per heavy atom. The predicted molar refractivity (Wildman–Crippen MR) is 57.2 cm³/mol. The SMILES string of the molecule is CC(=O)CCOC1CC(C)CC(C)C1. The summed E-state index contributed by atoms with van der Waals surface area (Å²) in [5.74, 6) is 1.78. The molecule has 2 nitrogen and oxygen atoms in total. The van der Waals surface area contributed by atoms with Crippen molar-refractivity contribution < 1.29 is 9.53 Å². The monoisotopic (exact) mass is 198 g/mol. The molecule has 0 saturated heterocycles. The molecule has 0 bridgehead atoms. The van der Waals surface area contributed by atoms with Gasteiger partial charge >= 0.3 is 0 Å². The minimum Gasteiger partial charge on any atom is -0.378 e. The molecule has 1 rings (SSSR count). The van der Waals surface area contributed by atoms with Gasteiger partial charge in [-0.15, -0.1) is 0 Å². The summed E-state index contributed by atoms with van der Waals surface area (Å²) in [6.45, 7) is 6.81. The molecule has 2 atom stereocenters. The van der Waals surface area contributed by atoms with E-state index in [1.165, 1.54) is 19.3 Å². The smallest absolute Gasteiger partial charge is 0.132 e. The van der Waals surface area contributed by atoms with Crippen molar-refractivity contribution in [3.63, 3.8) is 0 Å². The molecule has 1 saturated carbocycles. The predicted octanol–water partition coefficient (Wildman–Crippen LogP) is 2.81. The maximum atomic E-state index is 10.7. The van der Waals surface area contributed by atoms with Crippen LogP contribution >= 0.6 is 0 Å². The van der Waals surface area contributed by atoms with E-state index in [9.17, 15) is 4.79 Å². The van der Waals surface area contributed by atoms with Gasteiger partial charge in [0.1, 0.15) is 5.78 Å². The largest absolute Gasteiger partial charge is 0.378 e. The zero-order chi connectivity index (χ0) is 10.6. The van der Waals surface area contributed by atoms with Crippen molar-refractivity contribution in [2.45, 2.75) is 52.6 Å². The summed E-state index contributed by atoms with van der Waals surface area (Å²) in [4.78, 5) is 10.7. The van der Waals surface area contributed by atoms with Gasteiger partial charge in [-0.3, -0.25) is 4.79 Å². The number of ketones is 1. The fourth-order valence-corrected chi connectivity index (χ4v) is 2.38. The second kappa shape index (κ2) is 5.50. The summed E-state index contributed by atoms with van der Waals surface area (Å²) in [7, 11) is 0. The van der Waals surface area contributed by atoms with Gasteiger partial charge in [-0.2, -0.15) is 0 Å². The van der Waals surface area contributed by atoms with Gasteiger partial charge < -0.3 is 4.74 Å². The lowest BCUT2D eigenvalue weighted by Crippen LogP contribution is -2.26. The summed E-state index contributed by atoms with van der Waals surface area (Å²) in [6.07, 6.45) is 4.63. The molecular formula is C12H22O2. The van der Waals surface area contributed by atoms with Crippen LogP contribution < -0.4 is 0 Å². The normalized spacial score (nSPS) is 32.9. The molecule has 0 spiro atoms. The molecule has 1 fully saturated rings. The van der Waals surface area contributed by atoms with E-state index in [-0.39, 0.29) is 5.78 Å². The van der Waals surface area contributed by atoms with Gasteiger partial charge in [0, 0.05) is 6.42 Å². The Labute approximate surface area is 87.0 Å². The van der Waals surface area contributed by atoms with E-state index in [0.717, 1.165) is 11.8 Å². The number of hydrogen-bond donors (Lipinski definition) is 0. The van der Waals surface area contributed by atoms with Crippen molar-refractivity contribution >= 4 is 5.78 Å². The van der Waals surface area contributed by atoms with Crippen LogP contribution in [0.3, 0.4) is 0 Å². The van der Waals surface area contributed by atoms with Gasteiger partial charge in [-0.05, 0) is 38.0 Å². The van der Waals surface area contributed by atoms with Crippen LogP contribution in [0.2, 0.25) is 0 Å². The summed E-state index contributed by atoms with van der Waals surface area (Å²) in [5.41, 5.74) is 0. The lowest BCUT2D eigenvalue weighted by Gasteiger charge is -2.31. The van der Waals surface area contributed by atoms with Crippen molar-refractivity contribution in [2.24, 2.45) is 11.8 Å². The Morgan fingerprint density at radius 2 is 1.79 bits per heavy atom. The molecule has 82 valence electrons. The summed E-state index contributed by atoms with van der Waals surface area (Å²) in [6, 6.07) is 0. The summed E-state index contributed by atoms with van der Waals surface area (Å²) >= 11 is 0. The number of Topliss-reactive ketones (excluding diaryl/α,β-unsaturated/α-hetero) is 1. The molecular weight excluding hydrogens is 176 g/mol. The van der Waals surface area contributed by atoms with Crippen molar-refractivity contribution in [3.8, 4) is 0 Å². The highest BCUT2D eigenvalue weighted by Gasteiger charge is 2.24. The third-order valence-electron chi connectivity index (χ3n) is 2.94. The van der Waals surface area contributed by atoms with Crippen molar-refractivity contribution in [2.75, 3.05) is 6.61 Å². The molecule has 0 N–H and O–H groups in total. The second-order valence-corrected chi connectivity index (χ2v) is 4.86. The molecule has 0 amide bonds. The Kier molecular flexibility index (Phi) is 4.59. The number of rotatable bonds is 4. The summed E-state index contributed by atoms with van der Waals surface area (Å²) in [5, 5.41) is 0. The Balaban J connectivity index is 2.20. The first kappa shape index (κ1) is 11.7. The number of carbonyl (C=O) groups is 1. The molecule has 0 aromatic heterocycles. The van der Waals surface area contributed by atoms with Crippen LogP contribution in [0.5, 0.6) is 0 Å². The van der Waals surface area contributed by atoms with Crippen LogP contribution in [-0.4, -0.2) is 18.5 Å². The highest BCUT2D eigenvalue weighted by Crippen LogP contribution is 2.30. The Hall–Kier alpha value is -0.370. The third kappa shape index (κ3) is 4.23. The molecule has 0 radical (unpaired) electrons. The minimum absolute atomic E-state index is 0.224. The standard InChI is InChI=1S/C12H22O2/c1-9-6-10(2)8-12(7-9)14-5-4-11(3)13/h9-10,12H,4-8H2,1-3H3. The fourth-order valence-electron chi connectivity index (χ4n) is 2.38. The van der Waals surface area contributed by atoms with Crippen LogP contribution in [0, 0.1) is 11.8 Å². The minimum atomic E-state index is 0.224. The van der Waals surface area contributed by atoms with Crippen LogP contribution in [0.4, 0.5) is 0 Å². The first-order valence-electron chi connectivity index (χ1n) is 5.69. The van der Waals surface area contributed by atoms with Gasteiger partial charge in [0.2, 0.25) is 0 Å². The van der Waals surface area contributed by atoms with Crippen molar-refractivity contribution in [1.29, 1.82) is 0 Å². The molecule has 14 heavy (non-hydrogen) atoms. The highest BCUT2D eigenvalue weighted by atomic mass is 16.5. The molecule has 2 unspecified atom stereocenters. The molecule has 0 aliphatic heterocycles. The van der Waals surface area contributed by atoms with E-state index in [2.05, 4.69) is 13.8 Å². The third-order valence-corrected chi connectivity index (χ3v) is 2.94. The Morgan fingerprint density at radius 3 is 2.29 bits per heavy atom. The van der Waals surface area contributed by atoms with Gasteiger partial charge in [-0.25, -0.2) is 0 Å². The van der Waals surface area contributed by atoms with E-state index < -0.39 is 0 Å². The number of hydrogen-bond acceptors (Lipinski definition) is 2. The van der Waals surface area contributed by atoms with E-state index in [0.29, 0.717) is 19.1 Å². The highest BCUT2D eigenvalue weighted by molar-refractivity contribution is 5.75. The van der Waals surface area contributed by atoms with E-state index in [4.69, 9.17) is 4.74 Å². The second-order valence-electron chi connectivity index (χ2n) is 4.86. The van der Waals surface area contributed by atoms with E-state index in [1.54, 1.807) is 6.92 Å². The number of ether oxygens (including phenoxy) is 1. The van der Waals surface area contributed by atoms with Gasteiger partial charge in [0.15, 0.2) is 0 Å². The van der Waals surface area contributed by atoms with Gasteiger partial charge in [0.05, 0.1) is 12.7 Å². The van der Waals surface area contributed by atoms with E-state index in [1.807, 2.05) is 0 Å².